The number of aryl methyl sites for hydroxylation is 2. The van der Waals surface area contributed by atoms with Gasteiger partial charge in [0.05, 0.1) is 11.8 Å². The summed E-state index contributed by atoms with van der Waals surface area (Å²) in [6.45, 7) is 6.08. The van der Waals surface area contributed by atoms with Gasteiger partial charge in [-0.1, -0.05) is 5.16 Å². The zero-order valence-electron chi connectivity index (χ0n) is 14.7. The molecule has 4 rings (SSSR count). The van der Waals surface area contributed by atoms with Gasteiger partial charge in [0.2, 0.25) is 0 Å². The molecular formula is C18H26N4O3. The van der Waals surface area contributed by atoms with Crippen molar-refractivity contribution in [1.82, 2.24) is 19.8 Å². The van der Waals surface area contributed by atoms with Crippen molar-refractivity contribution >= 4 is 0 Å². The number of hydrogen-bond donors (Lipinski definition) is 0. The van der Waals surface area contributed by atoms with Crippen LogP contribution in [0.3, 0.4) is 0 Å². The first-order valence-electron chi connectivity index (χ1n) is 9.16. The Labute approximate surface area is 147 Å². The Hall–Kier alpha value is -1.70. The highest BCUT2D eigenvalue weighted by Gasteiger charge is 2.44. The second kappa shape index (κ2) is 7.68. The van der Waals surface area contributed by atoms with Gasteiger partial charge in [-0.3, -0.25) is 9.58 Å². The van der Waals surface area contributed by atoms with Crippen LogP contribution in [0.2, 0.25) is 0 Å². The molecule has 0 aliphatic carbocycles. The summed E-state index contributed by atoms with van der Waals surface area (Å²) in [5.41, 5.74) is 0.987. The Bertz CT molecular complexity index is 657. The van der Waals surface area contributed by atoms with Gasteiger partial charge < -0.3 is 14.0 Å². The lowest BCUT2D eigenvalue weighted by molar-refractivity contribution is -0.0781. The van der Waals surface area contributed by atoms with Gasteiger partial charge in [0.25, 0.3) is 0 Å². The summed E-state index contributed by atoms with van der Waals surface area (Å²) in [7, 11) is 0. The van der Waals surface area contributed by atoms with E-state index >= 15 is 0 Å². The van der Waals surface area contributed by atoms with E-state index in [4.69, 9.17) is 14.0 Å². The molecule has 7 heteroatoms. The van der Waals surface area contributed by atoms with E-state index in [1.807, 2.05) is 36.1 Å². The molecule has 0 N–H and O–H groups in total. The lowest BCUT2D eigenvalue weighted by Gasteiger charge is -2.32. The van der Waals surface area contributed by atoms with Crippen LogP contribution in [-0.4, -0.2) is 57.8 Å². The summed E-state index contributed by atoms with van der Waals surface area (Å²) >= 11 is 0. The van der Waals surface area contributed by atoms with E-state index < -0.39 is 0 Å². The monoisotopic (exact) mass is 346 g/mol. The van der Waals surface area contributed by atoms with Crippen molar-refractivity contribution in [3.8, 4) is 0 Å². The van der Waals surface area contributed by atoms with E-state index in [0.717, 1.165) is 63.6 Å². The molecule has 4 heterocycles. The number of hydrogen-bond acceptors (Lipinski definition) is 6. The van der Waals surface area contributed by atoms with Gasteiger partial charge in [0.1, 0.15) is 11.9 Å². The summed E-state index contributed by atoms with van der Waals surface area (Å²) in [6.07, 6.45) is 7.33. The first-order chi connectivity index (χ1) is 12.3. The van der Waals surface area contributed by atoms with Crippen LogP contribution in [0.4, 0.5) is 0 Å². The first kappa shape index (κ1) is 16.8. The van der Waals surface area contributed by atoms with Crippen molar-refractivity contribution in [1.29, 1.82) is 0 Å². The molecule has 0 radical (unpaired) electrons. The average molecular weight is 346 g/mol. The molecule has 2 aliphatic heterocycles. The van der Waals surface area contributed by atoms with E-state index in [0.29, 0.717) is 6.04 Å². The Morgan fingerprint density at radius 1 is 1.40 bits per heavy atom. The molecule has 0 unspecified atom stereocenters. The molecule has 136 valence electrons. The molecule has 2 aliphatic rings. The van der Waals surface area contributed by atoms with Crippen molar-refractivity contribution in [2.75, 3.05) is 19.8 Å². The second-order valence-electron chi connectivity index (χ2n) is 6.94. The number of rotatable bonds is 7. The van der Waals surface area contributed by atoms with E-state index in [1.54, 1.807) is 0 Å². The number of ether oxygens (including phenoxy) is 2. The fourth-order valence-corrected chi connectivity index (χ4v) is 3.93. The van der Waals surface area contributed by atoms with Gasteiger partial charge in [-0.05, 0) is 32.3 Å². The lowest BCUT2D eigenvalue weighted by Crippen LogP contribution is -2.41. The van der Waals surface area contributed by atoms with Crippen LogP contribution in [0.5, 0.6) is 0 Å². The molecule has 2 fully saturated rings. The van der Waals surface area contributed by atoms with Gasteiger partial charge in [-0.25, -0.2) is 0 Å². The van der Waals surface area contributed by atoms with Gasteiger partial charge in [-0.2, -0.15) is 5.10 Å². The van der Waals surface area contributed by atoms with Crippen molar-refractivity contribution in [2.24, 2.45) is 0 Å². The van der Waals surface area contributed by atoms with Crippen LogP contribution < -0.4 is 0 Å². The Morgan fingerprint density at radius 2 is 2.36 bits per heavy atom. The highest BCUT2D eigenvalue weighted by molar-refractivity contribution is 5.06. The summed E-state index contributed by atoms with van der Waals surface area (Å²) in [5, 5.41) is 8.36. The molecule has 0 bridgehead atoms. The third-order valence-corrected chi connectivity index (χ3v) is 5.05. The number of aromatic nitrogens is 3. The van der Waals surface area contributed by atoms with Gasteiger partial charge >= 0.3 is 0 Å². The van der Waals surface area contributed by atoms with Crippen molar-refractivity contribution in [2.45, 2.75) is 57.5 Å². The average Bonchev–Trinajstić information content (AvgIpc) is 3.34. The third kappa shape index (κ3) is 3.94. The van der Waals surface area contributed by atoms with Crippen LogP contribution in [0.15, 0.2) is 29.0 Å². The van der Waals surface area contributed by atoms with E-state index in [1.165, 1.54) is 0 Å². The molecule has 0 aromatic carbocycles. The molecular weight excluding hydrogens is 320 g/mol. The molecule has 0 spiro atoms. The van der Waals surface area contributed by atoms with Crippen LogP contribution in [0, 0.1) is 6.92 Å². The molecule has 3 atom stereocenters. The molecule has 2 aromatic rings. The molecule has 2 aromatic heterocycles. The van der Waals surface area contributed by atoms with Crippen molar-refractivity contribution < 1.29 is 14.0 Å². The molecule has 2 saturated heterocycles. The number of likely N-dealkylation sites (tertiary alicyclic amines) is 1. The maximum Gasteiger partial charge on any atom is 0.133 e. The maximum absolute atomic E-state index is 6.19. The van der Waals surface area contributed by atoms with Crippen LogP contribution in [0.1, 0.15) is 30.7 Å². The smallest absolute Gasteiger partial charge is 0.133 e. The van der Waals surface area contributed by atoms with Crippen molar-refractivity contribution in [3.05, 3.63) is 36.0 Å². The summed E-state index contributed by atoms with van der Waals surface area (Å²) in [6, 6.07) is 4.38. The number of nitrogens with zero attached hydrogens (tertiary/aromatic N) is 4. The van der Waals surface area contributed by atoms with Gasteiger partial charge in [0, 0.05) is 57.3 Å². The number of fused-ring (bicyclic) bond motifs is 1. The first-order valence-corrected chi connectivity index (χ1v) is 9.16. The maximum atomic E-state index is 6.19. The van der Waals surface area contributed by atoms with Crippen LogP contribution in [0.25, 0.3) is 0 Å². The standard InChI is InChI=1S/C18H26N4O3/c1-14-11-15(20-25-14)12-21-13-17(18-16(21)5-2-9-24-18)23-10-4-8-22-7-3-6-19-22/h3,6-7,11,16-18H,2,4-5,8-10,12-13H2,1H3/t16-,17-,18+/m1/s1. The summed E-state index contributed by atoms with van der Waals surface area (Å²) < 4.78 is 19.4. The quantitative estimate of drug-likeness (QED) is 0.715. The lowest BCUT2D eigenvalue weighted by atomic mass is 10.0. The van der Waals surface area contributed by atoms with E-state index in [2.05, 4.69) is 15.2 Å². The third-order valence-electron chi connectivity index (χ3n) is 5.05. The van der Waals surface area contributed by atoms with Gasteiger partial charge in [0.15, 0.2) is 0 Å². The van der Waals surface area contributed by atoms with Gasteiger partial charge in [-0.15, -0.1) is 0 Å². The van der Waals surface area contributed by atoms with Crippen molar-refractivity contribution in [3.63, 3.8) is 0 Å². The Morgan fingerprint density at radius 3 is 3.16 bits per heavy atom. The predicted molar refractivity (Wildman–Crippen MR) is 91.0 cm³/mol. The normalized spacial score (nSPS) is 26.8. The highest BCUT2D eigenvalue weighted by Crippen LogP contribution is 2.31. The molecule has 25 heavy (non-hydrogen) atoms. The topological polar surface area (TPSA) is 65.5 Å². The van der Waals surface area contributed by atoms with E-state index in [-0.39, 0.29) is 12.2 Å². The largest absolute Gasteiger partial charge is 0.374 e. The highest BCUT2D eigenvalue weighted by atomic mass is 16.5. The minimum atomic E-state index is 0.135. The second-order valence-corrected chi connectivity index (χ2v) is 6.94. The fraction of sp³-hybridized carbons (Fsp3) is 0.667. The fourth-order valence-electron chi connectivity index (χ4n) is 3.93. The zero-order chi connectivity index (χ0) is 17.1. The zero-order valence-corrected chi connectivity index (χ0v) is 14.7. The molecule has 7 nitrogen and oxygen atoms in total. The summed E-state index contributed by atoms with van der Waals surface area (Å²) in [4.78, 5) is 2.44. The van der Waals surface area contributed by atoms with Crippen LogP contribution >= 0.6 is 0 Å². The Balaban J connectivity index is 1.31. The predicted octanol–water partition coefficient (Wildman–Crippen LogP) is 2.02. The Kier molecular flexibility index (Phi) is 5.14. The van der Waals surface area contributed by atoms with Crippen LogP contribution in [-0.2, 0) is 22.6 Å². The van der Waals surface area contributed by atoms with E-state index in [9.17, 15) is 0 Å². The SMILES string of the molecule is Cc1cc(CN2C[C@@H](OCCCn3cccn3)[C@H]3OCCC[C@H]32)no1. The minimum absolute atomic E-state index is 0.135. The molecule has 0 amide bonds. The minimum Gasteiger partial charge on any atom is -0.374 e. The summed E-state index contributed by atoms with van der Waals surface area (Å²) in [5.74, 6) is 0.858. The molecule has 0 saturated carbocycles.